The second kappa shape index (κ2) is 4.20. The molecule has 0 amide bonds. The van der Waals surface area contributed by atoms with Crippen molar-refractivity contribution in [1.29, 1.82) is 0 Å². The molecule has 0 aliphatic carbocycles. The van der Waals surface area contributed by atoms with Crippen LogP contribution in [-0.2, 0) is 10.0 Å². The van der Waals surface area contributed by atoms with Crippen LogP contribution in [-0.4, -0.2) is 14.3 Å². The molecule has 4 nitrogen and oxygen atoms in total. The second-order valence-corrected chi connectivity index (χ2v) is 6.05. The van der Waals surface area contributed by atoms with Gasteiger partial charge in [0.05, 0.1) is 5.69 Å². The van der Waals surface area contributed by atoms with Gasteiger partial charge in [0.2, 0.25) is 0 Å². The van der Waals surface area contributed by atoms with Gasteiger partial charge in [0.25, 0.3) is 10.0 Å². The number of aryl methyl sites for hydroxylation is 1. The third-order valence-corrected chi connectivity index (χ3v) is 4.33. The highest BCUT2D eigenvalue weighted by atomic mass is 32.2. The predicted molar refractivity (Wildman–Crippen MR) is 74.1 cm³/mol. The molecule has 2 aromatic carbocycles. The van der Waals surface area contributed by atoms with Crippen molar-refractivity contribution in [3.8, 4) is 0 Å². The lowest BCUT2D eigenvalue weighted by Crippen LogP contribution is -2.33. The number of sulfonamides is 1. The van der Waals surface area contributed by atoms with E-state index >= 15 is 0 Å². The van der Waals surface area contributed by atoms with E-state index in [2.05, 4.69) is 9.71 Å². The molecule has 0 aromatic heterocycles. The van der Waals surface area contributed by atoms with Gasteiger partial charge in [-0.25, -0.2) is 13.4 Å². The van der Waals surface area contributed by atoms with Crippen LogP contribution in [0.1, 0.15) is 11.1 Å². The summed E-state index contributed by atoms with van der Waals surface area (Å²) in [4.78, 5) is 4.58. The number of hydrogen-bond acceptors (Lipinski definition) is 3. The third kappa shape index (κ3) is 2.13. The Balaban J connectivity index is 2.16. The summed E-state index contributed by atoms with van der Waals surface area (Å²) in [5.74, 6) is 0.360. The van der Waals surface area contributed by atoms with E-state index in [1.807, 2.05) is 31.2 Å². The SMILES string of the molecule is Cc1ccc(C2=Nc3ccccc3S(=O)(=O)N2)cc1. The van der Waals surface area contributed by atoms with Gasteiger partial charge in [-0.3, -0.25) is 4.72 Å². The van der Waals surface area contributed by atoms with Crippen LogP contribution in [0.3, 0.4) is 0 Å². The summed E-state index contributed by atoms with van der Waals surface area (Å²) in [6, 6.07) is 14.3. The summed E-state index contributed by atoms with van der Waals surface area (Å²) >= 11 is 0. The molecule has 1 aliphatic rings. The maximum Gasteiger partial charge on any atom is 0.265 e. The Kier molecular flexibility index (Phi) is 2.64. The lowest BCUT2D eigenvalue weighted by Gasteiger charge is -2.17. The molecule has 3 rings (SSSR count). The molecule has 5 heteroatoms. The van der Waals surface area contributed by atoms with Gasteiger partial charge in [0.1, 0.15) is 10.7 Å². The second-order valence-electron chi connectivity index (χ2n) is 4.40. The molecule has 0 spiro atoms. The summed E-state index contributed by atoms with van der Waals surface area (Å²) in [6.07, 6.45) is 0. The minimum absolute atomic E-state index is 0.214. The first kappa shape index (κ1) is 11.9. The van der Waals surface area contributed by atoms with Crippen molar-refractivity contribution in [3.05, 3.63) is 59.7 Å². The molecule has 0 saturated heterocycles. The van der Waals surface area contributed by atoms with Crippen molar-refractivity contribution >= 4 is 21.5 Å². The van der Waals surface area contributed by atoms with E-state index in [0.717, 1.165) is 11.1 Å². The van der Waals surface area contributed by atoms with Crippen LogP contribution in [0.5, 0.6) is 0 Å². The van der Waals surface area contributed by atoms with Gasteiger partial charge in [-0.2, -0.15) is 0 Å². The molecule has 0 bridgehead atoms. The van der Waals surface area contributed by atoms with E-state index in [9.17, 15) is 8.42 Å². The van der Waals surface area contributed by atoms with E-state index in [-0.39, 0.29) is 4.90 Å². The third-order valence-electron chi connectivity index (χ3n) is 2.94. The Hall–Kier alpha value is -2.14. The Bertz CT molecular complexity index is 762. The Morgan fingerprint density at radius 3 is 2.42 bits per heavy atom. The molecule has 1 aliphatic heterocycles. The van der Waals surface area contributed by atoms with E-state index in [4.69, 9.17) is 0 Å². The number of rotatable bonds is 1. The molecular weight excluding hydrogens is 260 g/mol. The molecule has 0 atom stereocenters. The summed E-state index contributed by atoms with van der Waals surface area (Å²) < 4.78 is 26.8. The van der Waals surface area contributed by atoms with Crippen molar-refractivity contribution in [2.24, 2.45) is 4.99 Å². The summed E-state index contributed by atoms with van der Waals surface area (Å²) in [6.45, 7) is 1.98. The monoisotopic (exact) mass is 272 g/mol. The largest absolute Gasteiger partial charge is 0.265 e. The van der Waals surface area contributed by atoms with Crippen molar-refractivity contribution in [1.82, 2.24) is 4.72 Å². The number of benzene rings is 2. The van der Waals surface area contributed by atoms with Gasteiger partial charge < -0.3 is 0 Å². The minimum atomic E-state index is -3.53. The zero-order valence-electron chi connectivity index (χ0n) is 10.3. The zero-order chi connectivity index (χ0) is 13.5. The molecular formula is C14H12N2O2S. The molecule has 0 unspecified atom stereocenters. The maximum atomic E-state index is 12.1. The number of para-hydroxylation sites is 1. The zero-order valence-corrected chi connectivity index (χ0v) is 11.1. The van der Waals surface area contributed by atoms with E-state index in [1.165, 1.54) is 0 Å². The van der Waals surface area contributed by atoms with E-state index in [1.54, 1.807) is 24.3 Å². The van der Waals surface area contributed by atoms with Gasteiger partial charge in [-0.15, -0.1) is 0 Å². The van der Waals surface area contributed by atoms with Crippen LogP contribution in [0.4, 0.5) is 5.69 Å². The number of amidine groups is 1. The molecule has 0 saturated carbocycles. The van der Waals surface area contributed by atoms with Gasteiger partial charge in [-0.1, -0.05) is 42.0 Å². The number of aliphatic imine (C=N–C) groups is 1. The van der Waals surface area contributed by atoms with E-state index < -0.39 is 10.0 Å². The predicted octanol–water partition coefficient (Wildman–Crippen LogP) is 2.37. The fourth-order valence-electron chi connectivity index (χ4n) is 1.94. The topological polar surface area (TPSA) is 58.5 Å². The highest BCUT2D eigenvalue weighted by Crippen LogP contribution is 2.28. The number of nitrogens with one attached hydrogen (secondary N) is 1. The first-order valence-corrected chi connectivity index (χ1v) is 7.32. The van der Waals surface area contributed by atoms with Gasteiger partial charge >= 0.3 is 0 Å². The molecule has 0 fully saturated rings. The van der Waals surface area contributed by atoms with Crippen molar-refractivity contribution in [3.63, 3.8) is 0 Å². The number of nitrogens with zero attached hydrogens (tertiary/aromatic N) is 1. The quantitative estimate of drug-likeness (QED) is 0.866. The summed E-state index contributed by atoms with van der Waals surface area (Å²) in [5, 5.41) is 0. The smallest absolute Gasteiger partial charge is 0.263 e. The maximum absolute atomic E-state index is 12.1. The van der Waals surface area contributed by atoms with Crippen LogP contribution in [0.2, 0.25) is 0 Å². The van der Waals surface area contributed by atoms with Crippen molar-refractivity contribution in [2.45, 2.75) is 11.8 Å². The van der Waals surface area contributed by atoms with Crippen molar-refractivity contribution in [2.75, 3.05) is 0 Å². The standard InChI is InChI=1S/C14H12N2O2S/c1-10-6-8-11(9-7-10)14-15-12-4-2-3-5-13(12)19(17,18)16-14/h2-9H,1H3,(H,15,16). The molecule has 96 valence electrons. The Morgan fingerprint density at radius 2 is 1.68 bits per heavy atom. The normalized spacial score (nSPS) is 16.2. The van der Waals surface area contributed by atoms with Gasteiger partial charge in [0.15, 0.2) is 0 Å². The van der Waals surface area contributed by atoms with Crippen LogP contribution in [0, 0.1) is 6.92 Å². The lowest BCUT2D eigenvalue weighted by molar-refractivity contribution is 0.592. The van der Waals surface area contributed by atoms with Crippen molar-refractivity contribution < 1.29 is 8.42 Å². The molecule has 19 heavy (non-hydrogen) atoms. The first-order chi connectivity index (χ1) is 9.06. The molecule has 1 heterocycles. The Morgan fingerprint density at radius 1 is 1.00 bits per heavy atom. The van der Waals surface area contributed by atoms with Crippen LogP contribution >= 0.6 is 0 Å². The highest BCUT2D eigenvalue weighted by Gasteiger charge is 2.25. The number of hydrogen-bond donors (Lipinski definition) is 1. The highest BCUT2D eigenvalue weighted by molar-refractivity contribution is 7.90. The summed E-state index contributed by atoms with van der Waals surface area (Å²) in [7, 11) is -3.53. The summed E-state index contributed by atoms with van der Waals surface area (Å²) in [5.41, 5.74) is 2.34. The number of fused-ring (bicyclic) bond motifs is 1. The average Bonchev–Trinajstić information content (AvgIpc) is 2.39. The lowest BCUT2D eigenvalue weighted by atomic mass is 10.1. The fraction of sp³-hybridized carbons (Fsp3) is 0.0714. The van der Waals surface area contributed by atoms with Gasteiger partial charge in [-0.05, 0) is 19.1 Å². The molecule has 0 radical (unpaired) electrons. The van der Waals surface area contributed by atoms with Crippen LogP contribution in [0.15, 0.2) is 58.4 Å². The van der Waals surface area contributed by atoms with Crippen LogP contribution < -0.4 is 4.72 Å². The first-order valence-electron chi connectivity index (χ1n) is 5.84. The van der Waals surface area contributed by atoms with Gasteiger partial charge in [0, 0.05) is 5.56 Å². The fourth-order valence-corrected chi connectivity index (χ4v) is 3.11. The van der Waals surface area contributed by atoms with E-state index in [0.29, 0.717) is 11.5 Å². The molecule has 2 aromatic rings. The van der Waals surface area contributed by atoms with Crippen LogP contribution in [0.25, 0.3) is 0 Å². The molecule has 1 N–H and O–H groups in total. The average molecular weight is 272 g/mol. The Labute approximate surface area is 111 Å². The minimum Gasteiger partial charge on any atom is -0.263 e.